The number of rotatable bonds is 9. The number of pyridine rings is 1. The lowest BCUT2D eigenvalue weighted by molar-refractivity contribution is -0.126. The molecule has 4 rings (SSSR count). The Kier molecular flexibility index (Phi) is 8.33. The number of benzene rings is 2. The molecule has 10 heteroatoms. The molecule has 0 spiro atoms. The molecule has 0 bridgehead atoms. The van der Waals surface area contributed by atoms with Gasteiger partial charge in [-0.3, -0.25) is 9.78 Å². The van der Waals surface area contributed by atoms with Crippen molar-refractivity contribution in [2.45, 2.75) is 31.1 Å². The summed E-state index contributed by atoms with van der Waals surface area (Å²) in [4.78, 5) is 17.2. The highest BCUT2D eigenvalue weighted by Gasteiger charge is 2.33. The van der Waals surface area contributed by atoms with E-state index in [2.05, 4.69) is 15.6 Å². The van der Waals surface area contributed by atoms with Gasteiger partial charge in [-0.05, 0) is 68.1 Å². The van der Waals surface area contributed by atoms with Crippen LogP contribution in [0.4, 0.5) is 5.69 Å². The van der Waals surface area contributed by atoms with Crippen molar-refractivity contribution in [3.05, 3.63) is 59.2 Å². The Morgan fingerprint density at radius 2 is 1.92 bits per heavy atom. The van der Waals surface area contributed by atoms with Gasteiger partial charge in [0.2, 0.25) is 15.9 Å². The number of piperidine rings is 1. The third-order valence-corrected chi connectivity index (χ3v) is 8.59. The Balaban J connectivity index is 1.23. The highest BCUT2D eigenvalue weighted by Crippen LogP contribution is 2.30. The van der Waals surface area contributed by atoms with E-state index in [1.165, 1.54) is 11.4 Å². The number of methoxy groups -OCH3 is 1. The van der Waals surface area contributed by atoms with E-state index in [4.69, 9.17) is 16.3 Å². The summed E-state index contributed by atoms with van der Waals surface area (Å²) in [6.45, 7) is 3.69. The first-order chi connectivity index (χ1) is 17.3. The number of amides is 1. The van der Waals surface area contributed by atoms with Crippen LogP contribution in [0.5, 0.6) is 5.75 Å². The van der Waals surface area contributed by atoms with E-state index in [1.807, 2.05) is 37.3 Å². The number of sulfonamides is 1. The third-order valence-electron chi connectivity index (χ3n) is 6.43. The summed E-state index contributed by atoms with van der Waals surface area (Å²) in [5, 5.41) is 8.03. The van der Waals surface area contributed by atoms with Crippen LogP contribution in [0.1, 0.15) is 24.8 Å². The van der Waals surface area contributed by atoms with E-state index in [-0.39, 0.29) is 16.7 Å². The Morgan fingerprint density at radius 3 is 2.67 bits per heavy atom. The largest absolute Gasteiger partial charge is 0.495 e. The first-order valence-corrected chi connectivity index (χ1v) is 13.8. The molecule has 2 heterocycles. The molecule has 2 aromatic carbocycles. The normalized spacial score (nSPS) is 15.1. The Bertz CT molecular complexity index is 1340. The molecule has 0 saturated carbocycles. The summed E-state index contributed by atoms with van der Waals surface area (Å²) in [7, 11) is -2.23. The number of hydrogen-bond acceptors (Lipinski definition) is 6. The molecule has 8 nitrogen and oxygen atoms in total. The minimum absolute atomic E-state index is 0.0239. The monoisotopic (exact) mass is 530 g/mol. The van der Waals surface area contributed by atoms with Gasteiger partial charge >= 0.3 is 0 Å². The topological polar surface area (TPSA) is 101 Å². The molecule has 3 aromatic rings. The maximum Gasteiger partial charge on any atom is 0.246 e. The number of carbonyl (C=O) groups is 1. The zero-order valence-electron chi connectivity index (χ0n) is 20.5. The minimum Gasteiger partial charge on any atom is -0.495 e. The van der Waals surface area contributed by atoms with Gasteiger partial charge in [-0.25, -0.2) is 8.42 Å². The second kappa shape index (κ2) is 11.5. The third kappa shape index (κ3) is 5.91. The average Bonchev–Trinajstić information content (AvgIpc) is 2.88. The molecule has 0 aliphatic carbocycles. The molecule has 1 aromatic heterocycles. The predicted octanol–water partition coefficient (Wildman–Crippen LogP) is 4.22. The molecule has 2 N–H and O–H groups in total. The van der Waals surface area contributed by atoms with Crippen molar-refractivity contribution in [1.82, 2.24) is 14.6 Å². The fourth-order valence-electron chi connectivity index (χ4n) is 4.43. The Morgan fingerprint density at radius 1 is 1.14 bits per heavy atom. The molecule has 192 valence electrons. The summed E-state index contributed by atoms with van der Waals surface area (Å²) in [6, 6.07) is 12.6. The fourth-order valence-corrected chi connectivity index (χ4v) is 6.30. The van der Waals surface area contributed by atoms with E-state index < -0.39 is 10.0 Å². The first kappa shape index (κ1) is 26.2. The number of hydrogen-bond donors (Lipinski definition) is 2. The summed E-state index contributed by atoms with van der Waals surface area (Å²) in [6.07, 6.45) is 3.47. The van der Waals surface area contributed by atoms with Gasteiger partial charge in [-0.15, -0.1) is 0 Å². The van der Waals surface area contributed by atoms with Crippen LogP contribution in [0.15, 0.2) is 53.6 Å². The van der Waals surface area contributed by atoms with Gasteiger partial charge < -0.3 is 15.4 Å². The van der Waals surface area contributed by atoms with Gasteiger partial charge in [0.25, 0.3) is 0 Å². The molecule has 0 radical (unpaired) electrons. The molecule has 1 fully saturated rings. The fraction of sp³-hybridized carbons (Fsp3) is 0.385. The van der Waals surface area contributed by atoms with E-state index >= 15 is 0 Å². The van der Waals surface area contributed by atoms with Crippen molar-refractivity contribution in [2.24, 2.45) is 5.92 Å². The standard InChI is InChI=1S/C26H31ClN4O4S/c1-18-4-7-24(35-2)25(16-18)36(33,34)31-14-9-19(10-15-31)26(32)30-12-3-11-28-22-8-13-29-23-17-20(27)5-6-21(22)23/h4-8,13,16-17,19H,3,9-12,14-15H2,1-2H3,(H,28,29)(H,30,32). The molecule has 1 aliphatic rings. The molecular formula is C26H31ClN4O4S. The highest BCUT2D eigenvalue weighted by molar-refractivity contribution is 7.89. The summed E-state index contributed by atoms with van der Waals surface area (Å²) in [5.41, 5.74) is 2.65. The lowest BCUT2D eigenvalue weighted by Gasteiger charge is -2.31. The molecule has 1 amide bonds. The number of anilines is 1. The van der Waals surface area contributed by atoms with Crippen LogP contribution in [-0.4, -0.2) is 56.9 Å². The molecular weight excluding hydrogens is 500 g/mol. The second-order valence-corrected chi connectivity index (χ2v) is 11.3. The molecule has 0 unspecified atom stereocenters. The quantitative estimate of drug-likeness (QED) is 0.402. The summed E-state index contributed by atoms with van der Waals surface area (Å²) < 4.78 is 33.1. The first-order valence-electron chi connectivity index (χ1n) is 12.0. The van der Waals surface area contributed by atoms with Gasteiger partial charge in [-0.1, -0.05) is 17.7 Å². The van der Waals surface area contributed by atoms with Crippen molar-refractivity contribution >= 4 is 44.1 Å². The van der Waals surface area contributed by atoms with Gasteiger partial charge in [-0.2, -0.15) is 4.31 Å². The van der Waals surface area contributed by atoms with Crippen LogP contribution < -0.4 is 15.4 Å². The van der Waals surface area contributed by atoms with Crippen molar-refractivity contribution in [2.75, 3.05) is 38.6 Å². The summed E-state index contributed by atoms with van der Waals surface area (Å²) in [5.74, 6) is 0.111. The van der Waals surface area contributed by atoms with E-state index in [1.54, 1.807) is 18.3 Å². The van der Waals surface area contributed by atoms with Crippen molar-refractivity contribution in [3.8, 4) is 5.75 Å². The average molecular weight is 531 g/mol. The number of aryl methyl sites for hydroxylation is 1. The van der Waals surface area contributed by atoms with Crippen LogP contribution in [0.3, 0.4) is 0 Å². The molecule has 36 heavy (non-hydrogen) atoms. The van der Waals surface area contributed by atoms with Crippen LogP contribution in [0, 0.1) is 12.8 Å². The van der Waals surface area contributed by atoms with E-state index in [0.29, 0.717) is 49.8 Å². The minimum atomic E-state index is -3.69. The Labute approximate surface area is 217 Å². The summed E-state index contributed by atoms with van der Waals surface area (Å²) >= 11 is 6.05. The number of nitrogens with zero attached hydrogens (tertiary/aromatic N) is 2. The van der Waals surface area contributed by atoms with Gasteiger partial charge in [0.05, 0.1) is 12.6 Å². The van der Waals surface area contributed by atoms with E-state index in [0.717, 1.165) is 28.6 Å². The zero-order chi connectivity index (χ0) is 25.7. The number of nitrogens with one attached hydrogen (secondary N) is 2. The van der Waals surface area contributed by atoms with E-state index in [9.17, 15) is 13.2 Å². The lowest BCUT2D eigenvalue weighted by atomic mass is 9.97. The van der Waals surface area contributed by atoms with Crippen LogP contribution in [0.25, 0.3) is 10.9 Å². The smallest absolute Gasteiger partial charge is 0.246 e. The van der Waals surface area contributed by atoms with Gasteiger partial charge in [0, 0.05) is 54.4 Å². The second-order valence-electron chi connectivity index (χ2n) is 8.92. The molecule has 1 saturated heterocycles. The lowest BCUT2D eigenvalue weighted by Crippen LogP contribution is -2.43. The number of aromatic nitrogens is 1. The van der Waals surface area contributed by atoms with Crippen molar-refractivity contribution in [1.29, 1.82) is 0 Å². The number of halogens is 1. The number of fused-ring (bicyclic) bond motifs is 1. The zero-order valence-corrected chi connectivity index (χ0v) is 22.0. The Hall–Kier alpha value is -2.88. The highest BCUT2D eigenvalue weighted by atomic mass is 35.5. The molecule has 1 aliphatic heterocycles. The predicted molar refractivity (Wildman–Crippen MR) is 142 cm³/mol. The van der Waals surface area contributed by atoms with Crippen LogP contribution >= 0.6 is 11.6 Å². The van der Waals surface area contributed by atoms with Crippen LogP contribution in [0.2, 0.25) is 5.02 Å². The molecule has 0 atom stereocenters. The number of carbonyl (C=O) groups excluding carboxylic acids is 1. The number of ether oxygens (including phenoxy) is 1. The SMILES string of the molecule is COc1ccc(C)cc1S(=O)(=O)N1CCC(C(=O)NCCCNc2ccnc3cc(Cl)ccc23)CC1. The van der Waals surface area contributed by atoms with Crippen molar-refractivity contribution in [3.63, 3.8) is 0 Å². The van der Waals surface area contributed by atoms with Gasteiger partial charge in [0.15, 0.2) is 0 Å². The van der Waals surface area contributed by atoms with Crippen LogP contribution in [-0.2, 0) is 14.8 Å². The van der Waals surface area contributed by atoms with Gasteiger partial charge in [0.1, 0.15) is 10.6 Å². The maximum absolute atomic E-state index is 13.2. The maximum atomic E-state index is 13.2. The van der Waals surface area contributed by atoms with Crippen molar-refractivity contribution < 1.29 is 17.9 Å².